The summed E-state index contributed by atoms with van der Waals surface area (Å²) in [5.74, 6) is 1.57. The van der Waals surface area contributed by atoms with E-state index in [4.69, 9.17) is 4.74 Å². The van der Waals surface area contributed by atoms with Gasteiger partial charge in [0.2, 0.25) is 0 Å². The molecule has 0 aliphatic heterocycles. The average molecular weight is 335 g/mol. The Morgan fingerprint density at radius 1 is 1.24 bits per heavy atom. The molecule has 0 atom stereocenters. The highest BCUT2D eigenvalue weighted by molar-refractivity contribution is 5.94. The largest absolute Gasteiger partial charge is 0.497 e. The van der Waals surface area contributed by atoms with Crippen LogP contribution < -0.4 is 10.1 Å². The summed E-state index contributed by atoms with van der Waals surface area (Å²) in [4.78, 5) is 16.9. The quantitative estimate of drug-likeness (QED) is 0.675. The van der Waals surface area contributed by atoms with Crippen molar-refractivity contribution >= 4 is 16.9 Å². The number of methoxy groups -OCH3 is 1. The van der Waals surface area contributed by atoms with E-state index in [1.54, 1.807) is 31.4 Å². The van der Waals surface area contributed by atoms with Crippen molar-refractivity contribution in [3.05, 3.63) is 72.6 Å². The zero-order valence-corrected chi connectivity index (χ0v) is 14.2. The van der Waals surface area contributed by atoms with Crippen molar-refractivity contribution < 1.29 is 9.53 Å². The number of rotatable bonds is 7. The van der Waals surface area contributed by atoms with E-state index in [0.29, 0.717) is 25.1 Å². The van der Waals surface area contributed by atoms with Crippen molar-refractivity contribution in [2.75, 3.05) is 13.7 Å². The van der Waals surface area contributed by atoms with Gasteiger partial charge in [-0.05, 0) is 36.4 Å². The van der Waals surface area contributed by atoms with Crippen LogP contribution in [0.5, 0.6) is 5.75 Å². The fourth-order valence-corrected chi connectivity index (χ4v) is 2.78. The van der Waals surface area contributed by atoms with Gasteiger partial charge in [0.15, 0.2) is 0 Å². The molecule has 0 spiro atoms. The minimum absolute atomic E-state index is 0.103. The van der Waals surface area contributed by atoms with Gasteiger partial charge in [-0.25, -0.2) is 4.98 Å². The van der Waals surface area contributed by atoms with Gasteiger partial charge in [-0.2, -0.15) is 0 Å². The molecule has 1 amide bonds. The topological polar surface area (TPSA) is 56.2 Å². The monoisotopic (exact) mass is 335 g/mol. The Kier molecular flexibility index (Phi) is 5.14. The van der Waals surface area contributed by atoms with Crippen LogP contribution in [0, 0.1) is 0 Å². The molecular weight excluding hydrogens is 314 g/mol. The smallest absolute Gasteiger partial charge is 0.251 e. The van der Waals surface area contributed by atoms with E-state index in [1.807, 2.05) is 30.3 Å². The number of carbonyl (C=O) groups excluding carboxylic acids is 1. The number of fused-ring (bicyclic) bond motifs is 1. The number of hydrogen-bond donors (Lipinski definition) is 1. The Morgan fingerprint density at radius 2 is 2.00 bits per heavy atom. The second-order valence-electron chi connectivity index (χ2n) is 5.65. The number of nitrogens with one attached hydrogen (secondary N) is 1. The first-order valence-electron chi connectivity index (χ1n) is 8.20. The predicted octanol–water partition coefficient (Wildman–Crippen LogP) is 3.20. The number of carbonyl (C=O) groups is 1. The van der Waals surface area contributed by atoms with Gasteiger partial charge in [0.05, 0.1) is 18.1 Å². The van der Waals surface area contributed by atoms with Gasteiger partial charge in [-0.15, -0.1) is 6.58 Å². The van der Waals surface area contributed by atoms with E-state index in [9.17, 15) is 4.79 Å². The van der Waals surface area contributed by atoms with Gasteiger partial charge in [0.25, 0.3) is 5.91 Å². The Morgan fingerprint density at radius 3 is 2.72 bits per heavy atom. The third-order valence-corrected chi connectivity index (χ3v) is 4.03. The lowest BCUT2D eigenvalue weighted by Crippen LogP contribution is -2.26. The van der Waals surface area contributed by atoms with Crippen LogP contribution in [0.1, 0.15) is 16.2 Å². The summed E-state index contributed by atoms with van der Waals surface area (Å²) in [6, 6.07) is 15.1. The first-order valence-corrected chi connectivity index (χ1v) is 8.20. The van der Waals surface area contributed by atoms with Crippen molar-refractivity contribution in [3.63, 3.8) is 0 Å². The summed E-state index contributed by atoms with van der Waals surface area (Å²) >= 11 is 0. The lowest BCUT2D eigenvalue weighted by atomic mass is 10.2. The molecule has 3 aromatic rings. The number of imidazole rings is 1. The van der Waals surface area contributed by atoms with Gasteiger partial charge in [0.1, 0.15) is 11.6 Å². The molecule has 25 heavy (non-hydrogen) atoms. The van der Waals surface area contributed by atoms with Crippen molar-refractivity contribution in [1.82, 2.24) is 14.9 Å². The fraction of sp³-hybridized carbons (Fsp3) is 0.200. The fourth-order valence-electron chi connectivity index (χ4n) is 2.78. The highest BCUT2D eigenvalue weighted by Crippen LogP contribution is 2.16. The molecule has 3 rings (SSSR count). The second kappa shape index (κ2) is 7.66. The van der Waals surface area contributed by atoms with Gasteiger partial charge < -0.3 is 14.6 Å². The number of amides is 1. The maximum absolute atomic E-state index is 12.2. The predicted molar refractivity (Wildman–Crippen MR) is 99.0 cm³/mol. The van der Waals surface area contributed by atoms with Crippen molar-refractivity contribution in [2.45, 2.75) is 13.0 Å². The molecule has 1 N–H and O–H groups in total. The molecule has 0 radical (unpaired) electrons. The van der Waals surface area contributed by atoms with Crippen molar-refractivity contribution in [3.8, 4) is 5.75 Å². The molecule has 0 unspecified atom stereocenters. The van der Waals surface area contributed by atoms with Crippen LogP contribution in [0.3, 0.4) is 0 Å². The second-order valence-corrected chi connectivity index (χ2v) is 5.65. The van der Waals surface area contributed by atoms with E-state index in [0.717, 1.165) is 22.6 Å². The van der Waals surface area contributed by atoms with Gasteiger partial charge in [0, 0.05) is 25.1 Å². The van der Waals surface area contributed by atoms with E-state index in [2.05, 4.69) is 21.4 Å². The molecule has 0 aliphatic carbocycles. The Hall–Kier alpha value is -3.08. The number of nitrogens with zero attached hydrogens (tertiary/aromatic N) is 2. The van der Waals surface area contributed by atoms with Gasteiger partial charge in [-0.1, -0.05) is 18.2 Å². The summed E-state index contributed by atoms with van der Waals surface area (Å²) < 4.78 is 7.23. The molecule has 0 bridgehead atoms. The standard InChI is InChI=1S/C20H21N3O2/c1-3-14-23-18-7-5-4-6-17(18)22-19(23)12-13-21-20(24)15-8-10-16(25-2)11-9-15/h3-11H,1,12-14H2,2H3,(H,21,24). The third kappa shape index (κ3) is 3.71. The summed E-state index contributed by atoms with van der Waals surface area (Å²) in [6.07, 6.45) is 2.51. The van der Waals surface area contributed by atoms with Crippen LogP contribution in [0.2, 0.25) is 0 Å². The van der Waals surface area contributed by atoms with Crippen LogP contribution in [0.15, 0.2) is 61.2 Å². The maximum atomic E-state index is 12.2. The average Bonchev–Trinajstić information content (AvgIpc) is 3.00. The highest BCUT2D eigenvalue weighted by atomic mass is 16.5. The van der Waals surface area contributed by atoms with Crippen LogP contribution in [-0.2, 0) is 13.0 Å². The number of allylic oxidation sites excluding steroid dienone is 1. The molecule has 1 heterocycles. The third-order valence-electron chi connectivity index (χ3n) is 4.03. The van der Waals surface area contributed by atoms with E-state index in [1.165, 1.54) is 0 Å². The lowest BCUT2D eigenvalue weighted by Gasteiger charge is -2.08. The number of aromatic nitrogens is 2. The number of benzene rings is 2. The van der Waals surface area contributed by atoms with E-state index >= 15 is 0 Å². The minimum atomic E-state index is -0.103. The zero-order chi connectivity index (χ0) is 17.6. The number of para-hydroxylation sites is 2. The Balaban J connectivity index is 1.67. The Labute approximate surface area is 146 Å². The summed E-state index contributed by atoms with van der Waals surface area (Å²) in [5, 5.41) is 2.94. The van der Waals surface area contributed by atoms with Crippen molar-refractivity contribution in [1.29, 1.82) is 0 Å². The summed E-state index contributed by atoms with van der Waals surface area (Å²) in [5.41, 5.74) is 2.65. The molecule has 2 aromatic carbocycles. The number of hydrogen-bond acceptors (Lipinski definition) is 3. The first kappa shape index (κ1) is 16.8. The van der Waals surface area contributed by atoms with Crippen LogP contribution >= 0.6 is 0 Å². The van der Waals surface area contributed by atoms with Crippen molar-refractivity contribution in [2.24, 2.45) is 0 Å². The molecule has 0 aliphatic rings. The molecule has 128 valence electrons. The normalized spacial score (nSPS) is 10.6. The number of ether oxygens (including phenoxy) is 1. The van der Waals surface area contributed by atoms with Gasteiger partial charge in [-0.3, -0.25) is 4.79 Å². The first-order chi connectivity index (χ1) is 12.2. The highest BCUT2D eigenvalue weighted by Gasteiger charge is 2.10. The molecule has 0 saturated carbocycles. The minimum Gasteiger partial charge on any atom is -0.497 e. The maximum Gasteiger partial charge on any atom is 0.251 e. The van der Waals surface area contributed by atoms with Crippen LogP contribution in [0.4, 0.5) is 0 Å². The van der Waals surface area contributed by atoms with E-state index < -0.39 is 0 Å². The van der Waals surface area contributed by atoms with Crippen LogP contribution in [0.25, 0.3) is 11.0 Å². The Bertz CT molecular complexity index is 882. The molecule has 0 fully saturated rings. The molecule has 0 saturated heterocycles. The lowest BCUT2D eigenvalue weighted by molar-refractivity contribution is 0.0954. The SMILES string of the molecule is C=CCn1c(CCNC(=O)c2ccc(OC)cc2)nc2ccccc21. The summed E-state index contributed by atoms with van der Waals surface area (Å²) in [7, 11) is 1.60. The zero-order valence-electron chi connectivity index (χ0n) is 14.2. The summed E-state index contributed by atoms with van der Waals surface area (Å²) in [6.45, 7) is 5.03. The van der Waals surface area contributed by atoms with Crippen LogP contribution in [-0.4, -0.2) is 29.1 Å². The molecular formula is C20H21N3O2. The molecule has 1 aromatic heterocycles. The molecule has 5 heteroatoms. The van der Waals surface area contributed by atoms with E-state index in [-0.39, 0.29) is 5.91 Å². The van der Waals surface area contributed by atoms with Gasteiger partial charge >= 0.3 is 0 Å². The molecule has 5 nitrogen and oxygen atoms in total.